The van der Waals surface area contributed by atoms with Crippen LogP contribution in [0.1, 0.15) is 33.6 Å². The maximum atomic E-state index is 12.7. The van der Waals surface area contributed by atoms with Crippen molar-refractivity contribution in [3.8, 4) is 5.75 Å². The Balaban J connectivity index is 1.22. The number of anilines is 2. The van der Waals surface area contributed by atoms with Crippen molar-refractivity contribution >= 4 is 34.0 Å². The van der Waals surface area contributed by atoms with Gasteiger partial charge in [-0.15, -0.1) is 0 Å². The van der Waals surface area contributed by atoms with Crippen LogP contribution in [0.15, 0.2) is 18.3 Å². The van der Waals surface area contributed by atoms with Crippen molar-refractivity contribution in [2.45, 2.75) is 26.7 Å². The number of aromatic hydroxyl groups is 1. The van der Waals surface area contributed by atoms with Crippen molar-refractivity contribution in [1.82, 2.24) is 14.8 Å². The number of likely N-dealkylation sites (tertiary alicyclic amines) is 1. The minimum atomic E-state index is -0.241. The van der Waals surface area contributed by atoms with Crippen LogP contribution in [0.2, 0.25) is 0 Å². The third-order valence-corrected chi connectivity index (χ3v) is 7.54. The van der Waals surface area contributed by atoms with Crippen LogP contribution in [0.4, 0.5) is 10.8 Å². The Morgan fingerprint density at radius 3 is 2.65 bits per heavy atom. The van der Waals surface area contributed by atoms with Gasteiger partial charge in [0.2, 0.25) is 5.91 Å². The number of hydrogen-bond donors (Lipinski definition) is 3. The number of phenolic OH excluding ortho intramolecular Hbond substituents is 1. The van der Waals surface area contributed by atoms with E-state index in [-0.39, 0.29) is 17.6 Å². The Morgan fingerprint density at radius 2 is 1.91 bits per heavy atom. The second-order valence-electron chi connectivity index (χ2n) is 8.98. The van der Waals surface area contributed by atoms with Crippen LogP contribution in [-0.4, -0.2) is 84.2 Å². The normalized spacial score (nSPS) is 17.5. The van der Waals surface area contributed by atoms with Crippen LogP contribution in [0.5, 0.6) is 5.75 Å². The topological polar surface area (TPSA) is 107 Å². The van der Waals surface area contributed by atoms with Crippen molar-refractivity contribution in [2.24, 2.45) is 5.92 Å². The molecule has 184 valence electrons. The molecule has 0 radical (unpaired) electrons. The van der Waals surface area contributed by atoms with Crippen molar-refractivity contribution in [3.63, 3.8) is 0 Å². The molecule has 1 aromatic carbocycles. The van der Waals surface area contributed by atoms with Crippen LogP contribution in [0, 0.1) is 19.8 Å². The van der Waals surface area contributed by atoms with Gasteiger partial charge in [-0.2, -0.15) is 0 Å². The Labute approximate surface area is 204 Å². The lowest BCUT2D eigenvalue weighted by atomic mass is 9.97. The first-order valence-electron chi connectivity index (χ1n) is 11.8. The molecule has 9 nitrogen and oxygen atoms in total. The molecule has 1 aromatic heterocycles. The fraction of sp³-hybridized carbons (Fsp3) is 0.542. The number of aryl methyl sites for hydroxylation is 1. The van der Waals surface area contributed by atoms with E-state index >= 15 is 0 Å². The molecule has 2 saturated heterocycles. The smallest absolute Gasteiger partial charge is 0.267 e. The van der Waals surface area contributed by atoms with Crippen LogP contribution < -0.4 is 10.6 Å². The Morgan fingerprint density at radius 1 is 1.18 bits per heavy atom. The molecule has 0 bridgehead atoms. The van der Waals surface area contributed by atoms with Gasteiger partial charge in [-0.1, -0.05) is 17.4 Å². The van der Waals surface area contributed by atoms with Gasteiger partial charge < -0.3 is 25.4 Å². The van der Waals surface area contributed by atoms with E-state index in [0.717, 1.165) is 51.1 Å². The Hall–Kier alpha value is -2.69. The first-order chi connectivity index (χ1) is 16.4. The number of carbonyl (C=O) groups excluding carboxylic acids is 2. The monoisotopic (exact) mass is 487 g/mol. The van der Waals surface area contributed by atoms with E-state index in [1.54, 1.807) is 25.3 Å². The number of rotatable bonds is 7. The Kier molecular flexibility index (Phi) is 8.02. The van der Waals surface area contributed by atoms with Crippen LogP contribution in [0.3, 0.4) is 0 Å². The zero-order valence-corrected chi connectivity index (χ0v) is 20.6. The molecule has 4 rings (SSSR count). The molecule has 2 aliphatic heterocycles. The second-order valence-corrected chi connectivity index (χ2v) is 10.0. The van der Waals surface area contributed by atoms with Crippen molar-refractivity contribution in [2.75, 3.05) is 63.1 Å². The molecule has 2 aliphatic rings. The average molecular weight is 488 g/mol. The van der Waals surface area contributed by atoms with E-state index in [0.29, 0.717) is 46.9 Å². The number of nitrogens with one attached hydrogen (secondary N) is 2. The summed E-state index contributed by atoms with van der Waals surface area (Å²) in [5.41, 5.74) is 2.16. The summed E-state index contributed by atoms with van der Waals surface area (Å²) >= 11 is 1.31. The number of carbonyl (C=O) groups is 2. The van der Waals surface area contributed by atoms with E-state index in [9.17, 15) is 14.7 Å². The fourth-order valence-electron chi connectivity index (χ4n) is 4.33. The van der Waals surface area contributed by atoms with Crippen molar-refractivity contribution in [1.29, 1.82) is 0 Å². The van der Waals surface area contributed by atoms with Crippen LogP contribution in [0.25, 0.3) is 0 Å². The number of benzene rings is 1. The minimum Gasteiger partial charge on any atom is -0.508 e. The number of morpholine rings is 1. The lowest BCUT2D eigenvalue weighted by Gasteiger charge is -2.34. The summed E-state index contributed by atoms with van der Waals surface area (Å²) in [5, 5.41) is 16.9. The molecule has 2 fully saturated rings. The fourth-order valence-corrected chi connectivity index (χ4v) is 5.05. The molecule has 0 saturated carbocycles. The van der Waals surface area contributed by atoms with Crippen molar-refractivity contribution in [3.05, 3.63) is 34.3 Å². The van der Waals surface area contributed by atoms with E-state index in [1.807, 2.05) is 11.8 Å². The molecule has 0 atom stereocenters. The standard InChI is InChI=1S/C24H33N5O4S/c1-16-3-4-19(30)17(2)22(16)27-23(32)20-14-26-24(34-20)25-13-18-5-7-29(8-6-18)21(31)15-28-9-11-33-12-10-28/h3-4,14,18,30H,5-13,15H2,1-2H3,(H,25,26)(H,27,32). The van der Waals surface area contributed by atoms with Crippen LogP contribution in [-0.2, 0) is 9.53 Å². The maximum Gasteiger partial charge on any atom is 0.267 e. The molecule has 3 N–H and O–H groups in total. The first kappa shape index (κ1) is 24.4. The maximum absolute atomic E-state index is 12.7. The third-order valence-electron chi connectivity index (χ3n) is 6.58. The number of thiazole rings is 1. The molecule has 2 aromatic rings. The van der Waals surface area contributed by atoms with E-state index < -0.39 is 0 Å². The van der Waals surface area contributed by atoms with Gasteiger partial charge in [0.05, 0.1) is 31.6 Å². The average Bonchev–Trinajstić information content (AvgIpc) is 3.33. The van der Waals surface area contributed by atoms with E-state index in [2.05, 4.69) is 20.5 Å². The highest BCUT2D eigenvalue weighted by Gasteiger charge is 2.25. The zero-order valence-electron chi connectivity index (χ0n) is 19.8. The Bertz CT molecular complexity index is 1010. The largest absolute Gasteiger partial charge is 0.508 e. The second kappa shape index (κ2) is 11.2. The van der Waals surface area contributed by atoms with E-state index in [1.165, 1.54) is 11.3 Å². The summed E-state index contributed by atoms with van der Waals surface area (Å²) in [6, 6.07) is 3.40. The summed E-state index contributed by atoms with van der Waals surface area (Å²) in [6.07, 6.45) is 3.48. The highest BCUT2D eigenvalue weighted by Crippen LogP contribution is 2.29. The summed E-state index contributed by atoms with van der Waals surface area (Å²) in [5.74, 6) is 0.586. The number of piperidine rings is 1. The summed E-state index contributed by atoms with van der Waals surface area (Å²) in [4.78, 5) is 34.3. The van der Waals surface area contributed by atoms with Gasteiger partial charge >= 0.3 is 0 Å². The predicted octanol–water partition coefficient (Wildman–Crippen LogP) is 2.70. The molecule has 2 amide bonds. The molecule has 3 heterocycles. The highest BCUT2D eigenvalue weighted by atomic mass is 32.1. The lowest BCUT2D eigenvalue weighted by molar-refractivity contribution is -0.134. The molecule has 34 heavy (non-hydrogen) atoms. The van der Waals surface area contributed by atoms with Gasteiger partial charge in [0.25, 0.3) is 5.91 Å². The lowest BCUT2D eigenvalue weighted by Crippen LogP contribution is -2.47. The molecule has 0 aliphatic carbocycles. The highest BCUT2D eigenvalue weighted by molar-refractivity contribution is 7.17. The summed E-state index contributed by atoms with van der Waals surface area (Å²) in [6.45, 7) is 9.55. The minimum absolute atomic E-state index is 0.154. The zero-order chi connectivity index (χ0) is 24.1. The number of phenols is 1. The number of ether oxygens (including phenoxy) is 1. The quantitative estimate of drug-likeness (QED) is 0.551. The molecule has 0 spiro atoms. The first-order valence-corrected chi connectivity index (χ1v) is 12.6. The van der Waals surface area contributed by atoms with E-state index in [4.69, 9.17) is 4.74 Å². The number of nitrogens with zero attached hydrogens (tertiary/aromatic N) is 3. The SMILES string of the molecule is Cc1ccc(O)c(C)c1NC(=O)c1cnc(NCC2CCN(C(=O)CN3CCOCC3)CC2)s1. The number of amides is 2. The molecular weight excluding hydrogens is 454 g/mol. The van der Waals surface area contributed by atoms with Gasteiger partial charge in [0, 0.05) is 38.3 Å². The predicted molar refractivity (Wildman–Crippen MR) is 133 cm³/mol. The number of aromatic nitrogens is 1. The summed E-state index contributed by atoms with van der Waals surface area (Å²) in [7, 11) is 0. The third kappa shape index (κ3) is 6.05. The molecule has 0 unspecified atom stereocenters. The van der Waals surface area contributed by atoms with Gasteiger partial charge in [-0.3, -0.25) is 14.5 Å². The number of hydrogen-bond acceptors (Lipinski definition) is 8. The molecule has 10 heteroatoms. The summed E-state index contributed by atoms with van der Waals surface area (Å²) < 4.78 is 5.35. The van der Waals surface area contributed by atoms with Crippen molar-refractivity contribution < 1.29 is 19.4 Å². The molecular formula is C24H33N5O4S. The van der Waals surface area contributed by atoms with Gasteiger partial charge in [0.1, 0.15) is 10.6 Å². The van der Waals surface area contributed by atoms with Gasteiger partial charge in [-0.05, 0) is 44.2 Å². The van der Waals surface area contributed by atoms with Gasteiger partial charge in [0.15, 0.2) is 5.13 Å². The van der Waals surface area contributed by atoms with Crippen LogP contribution >= 0.6 is 11.3 Å². The van der Waals surface area contributed by atoms with Gasteiger partial charge in [-0.25, -0.2) is 4.98 Å².